The van der Waals surface area contributed by atoms with E-state index in [4.69, 9.17) is 9.26 Å². The molecule has 7 nitrogen and oxygen atoms in total. The molecule has 3 aliphatic rings. The van der Waals surface area contributed by atoms with E-state index < -0.39 is 11.4 Å². The molecule has 1 N–H and O–H groups in total. The number of piperidine rings is 1. The minimum atomic E-state index is -0.469. The summed E-state index contributed by atoms with van der Waals surface area (Å²) in [6, 6.07) is 12.1. The van der Waals surface area contributed by atoms with E-state index in [0.29, 0.717) is 42.7 Å². The van der Waals surface area contributed by atoms with Crippen molar-refractivity contribution in [1.29, 1.82) is 0 Å². The standard InChI is InChI=1S/C24H23FN4O3/c25-17-8-9-20(18(12-17)22-27-21(28-32-22)15-6-7-15)26-23(30)29-11-3-10-24(14-29)19-5-2-1-4-16(19)13-31-24/h1-2,4-5,8-9,12,15H,3,6-7,10-11,13-14H2,(H,26,30). The molecule has 1 spiro atoms. The number of anilines is 1. The minimum Gasteiger partial charge on any atom is -0.364 e. The van der Waals surface area contributed by atoms with Gasteiger partial charge in [-0.3, -0.25) is 0 Å². The molecule has 32 heavy (non-hydrogen) atoms. The molecule has 164 valence electrons. The van der Waals surface area contributed by atoms with Gasteiger partial charge in [0, 0.05) is 12.5 Å². The Kier molecular flexibility index (Phi) is 4.50. The molecular weight excluding hydrogens is 411 g/mol. The van der Waals surface area contributed by atoms with E-state index in [0.717, 1.165) is 25.7 Å². The molecule has 8 heteroatoms. The first-order valence-corrected chi connectivity index (χ1v) is 11.0. The zero-order valence-electron chi connectivity index (χ0n) is 17.5. The van der Waals surface area contributed by atoms with Crippen molar-refractivity contribution in [2.24, 2.45) is 0 Å². The van der Waals surface area contributed by atoms with Gasteiger partial charge >= 0.3 is 6.03 Å². The van der Waals surface area contributed by atoms with Gasteiger partial charge in [-0.05, 0) is 55.0 Å². The van der Waals surface area contributed by atoms with Crippen LogP contribution in [-0.4, -0.2) is 34.2 Å². The van der Waals surface area contributed by atoms with Gasteiger partial charge < -0.3 is 19.5 Å². The summed E-state index contributed by atoms with van der Waals surface area (Å²) in [7, 11) is 0. The first-order valence-electron chi connectivity index (χ1n) is 11.0. The van der Waals surface area contributed by atoms with Crippen LogP contribution < -0.4 is 5.32 Å². The van der Waals surface area contributed by atoms with Gasteiger partial charge in [0.1, 0.15) is 11.4 Å². The number of halogens is 1. The van der Waals surface area contributed by atoms with Crippen molar-refractivity contribution in [1.82, 2.24) is 15.0 Å². The van der Waals surface area contributed by atoms with Crippen molar-refractivity contribution in [2.45, 2.75) is 43.8 Å². The van der Waals surface area contributed by atoms with Gasteiger partial charge in [0.2, 0.25) is 0 Å². The predicted octanol–water partition coefficient (Wildman–Crippen LogP) is 4.81. The third-order valence-electron chi connectivity index (χ3n) is 6.59. The number of fused-ring (bicyclic) bond motifs is 2. The molecular formula is C24H23FN4O3. The Morgan fingerprint density at radius 2 is 2.09 bits per heavy atom. The number of benzene rings is 2. The number of carbonyl (C=O) groups excluding carboxylic acids is 1. The van der Waals surface area contributed by atoms with E-state index in [-0.39, 0.29) is 11.9 Å². The molecule has 3 aromatic rings. The number of ether oxygens (including phenoxy) is 1. The van der Waals surface area contributed by atoms with Crippen molar-refractivity contribution in [3.05, 3.63) is 65.2 Å². The number of amides is 2. The van der Waals surface area contributed by atoms with Crippen molar-refractivity contribution < 1.29 is 18.4 Å². The van der Waals surface area contributed by atoms with Gasteiger partial charge in [0.05, 0.1) is 24.4 Å². The van der Waals surface area contributed by atoms with Crippen molar-refractivity contribution in [2.75, 3.05) is 18.4 Å². The maximum atomic E-state index is 14.0. The van der Waals surface area contributed by atoms with E-state index in [2.05, 4.69) is 27.6 Å². The second-order valence-electron chi connectivity index (χ2n) is 8.82. The highest BCUT2D eigenvalue weighted by atomic mass is 19.1. The lowest BCUT2D eigenvalue weighted by Crippen LogP contribution is -2.49. The molecule has 6 rings (SSSR count). The third kappa shape index (κ3) is 3.35. The van der Waals surface area contributed by atoms with Crippen LogP contribution in [0.5, 0.6) is 0 Å². The molecule has 1 saturated carbocycles. The zero-order valence-corrected chi connectivity index (χ0v) is 17.5. The monoisotopic (exact) mass is 434 g/mol. The normalized spacial score (nSPS) is 22.2. The first-order chi connectivity index (χ1) is 15.6. The summed E-state index contributed by atoms with van der Waals surface area (Å²) in [5, 5.41) is 6.94. The van der Waals surface area contributed by atoms with E-state index in [1.807, 2.05) is 12.1 Å². The number of nitrogens with one attached hydrogen (secondary N) is 1. The number of rotatable bonds is 3. The first kappa shape index (κ1) is 19.4. The van der Waals surface area contributed by atoms with E-state index >= 15 is 0 Å². The van der Waals surface area contributed by atoms with Gasteiger partial charge in [-0.2, -0.15) is 4.98 Å². The Morgan fingerprint density at radius 3 is 2.97 bits per heavy atom. The van der Waals surface area contributed by atoms with Gasteiger partial charge in [-0.25, -0.2) is 9.18 Å². The number of carbonyl (C=O) groups is 1. The number of nitrogens with zero attached hydrogens (tertiary/aromatic N) is 3. The van der Waals surface area contributed by atoms with Crippen LogP contribution in [0.2, 0.25) is 0 Å². The Balaban J connectivity index is 1.24. The highest BCUT2D eigenvalue weighted by molar-refractivity contribution is 5.93. The van der Waals surface area contributed by atoms with Crippen LogP contribution in [0.15, 0.2) is 47.0 Å². The molecule has 1 atom stereocenters. The van der Waals surface area contributed by atoms with Gasteiger partial charge in [-0.1, -0.05) is 29.4 Å². The smallest absolute Gasteiger partial charge is 0.321 e. The maximum Gasteiger partial charge on any atom is 0.321 e. The summed E-state index contributed by atoms with van der Waals surface area (Å²) >= 11 is 0. The Morgan fingerprint density at radius 1 is 1.22 bits per heavy atom. The summed E-state index contributed by atoms with van der Waals surface area (Å²) < 4.78 is 25.6. The fraction of sp³-hybridized carbons (Fsp3) is 0.375. The van der Waals surface area contributed by atoms with Crippen LogP contribution >= 0.6 is 0 Å². The molecule has 3 heterocycles. The Labute approximate surface area is 184 Å². The molecule has 2 fully saturated rings. The summed E-state index contributed by atoms with van der Waals surface area (Å²) in [5.41, 5.74) is 2.70. The maximum absolute atomic E-state index is 14.0. The van der Waals surface area contributed by atoms with Crippen molar-refractivity contribution >= 4 is 11.7 Å². The number of aromatic nitrogens is 2. The number of urea groups is 1. The average Bonchev–Trinajstić information content (AvgIpc) is 3.45. The largest absolute Gasteiger partial charge is 0.364 e. The van der Waals surface area contributed by atoms with Crippen LogP contribution in [0.4, 0.5) is 14.9 Å². The lowest BCUT2D eigenvalue weighted by atomic mass is 9.85. The summed E-state index contributed by atoms with van der Waals surface area (Å²) in [5.74, 6) is 0.733. The molecule has 1 saturated heterocycles. The van der Waals surface area contributed by atoms with Crippen LogP contribution in [0, 0.1) is 5.82 Å². The molecule has 2 aliphatic heterocycles. The molecule has 1 unspecified atom stereocenters. The van der Waals surface area contributed by atoms with Gasteiger partial charge in [0.15, 0.2) is 5.82 Å². The van der Waals surface area contributed by atoms with Crippen LogP contribution in [-0.2, 0) is 16.9 Å². The topological polar surface area (TPSA) is 80.5 Å². The Hall–Kier alpha value is -3.26. The fourth-order valence-electron chi connectivity index (χ4n) is 4.77. The highest BCUT2D eigenvalue weighted by Gasteiger charge is 2.44. The summed E-state index contributed by atoms with van der Waals surface area (Å²) in [6.07, 6.45) is 3.79. The Bertz CT molecular complexity index is 1190. The fourth-order valence-corrected chi connectivity index (χ4v) is 4.77. The summed E-state index contributed by atoms with van der Waals surface area (Å²) in [4.78, 5) is 19.4. The quantitative estimate of drug-likeness (QED) is 0.640. The molecule has 2 aromatic carbocycles. The number of hydrogen-bond acceptors (Lipinski definition) is 5. The molecule has 2 amide bonds. The molecule has 0 radical (unpaired) electrons. The number of likely N-dealkylation sites (tertiary alicyclic amines) is 1. The molecule has 1 aliphatic carbocycles. The van der Waals surface area contributed by atoms with Gasteiger partial charge in [-0.15, -0.1) is 0 Å². The van der Waals surface area contributed by atoms with Crippen molar-refractivity contribution in [3.63, 3.8) is 0 Å². The van der Waals surface area contributed by atoms with Crippen LogP contribution in [0.1, 0.15) is 48.6 Å². The minimum absolute atomic E-state index is 0.213. The van der Waals surface area contributed by atoms with Crippen molar-refractivity contribution in [3.8, 4) is 11.5 Å². The average molecular weight is 434 g/mol. The lowest BCUT2D eigenvalue weighted by Gasteiger charge is -2.40. The predicted molar refractivity (Wildman–Crippen MR) is 114 cm³/mol. The molecule has 1 aromatic heterocycles. The highest BCUT2D eigenvalue weighted by Crippen LogP contribution is 2.43. The van der Waals surface area contributed by atoms with Crippen LogP contribution in [0.25, 0.3) is 11.5 Å². The van der Waals surface area contributed by atoms with E-state index in [1.165, 1.54) is 29.3 Å². The van der Waals surface area contributed by atoms with Crippen LogP contribution in [0.3, 0.4) is 0 Å². The zero-order chi connectivity index (χ0) is 21.7. The molecule has 0 bridgehead atoms. The van der Waals surface area contributed by atoms with E-state index in [1.54, 1.807) is 4.90 Å². The second-order valence-corrected chi connectivity index (χ2v) is 8.82. The summed E-state index contributed by atoms with van der Waals surface area (Å²) in [6.45, 7) is 1.66. The SMILES string of the molecule is O=C(Nc1ccc(F)cc1-c1nc(C2CC2)no1)N1CCCC2(C1)OCc1ccccc12. The second kappa shape index (κ2) is 7.41. The lowest BCUT2D eigenvalue weighted by molar-refractivity contribution is -0.0755. The van der Waals surface area contributed by atoms with Gasteiger partial charge in [0.25, 0.3) is 5.89 Å². The third-order valence-corrected chi connectivity index (χ3v) is 6.59. The van der Waals surface area contributed by atoms with E-state index in [9.17, 15) is 9.18 Å². The number of hydrogen-bond donors (Lipinski definition) is 1.